The molecule has 1 aliphatic rings. The first-order valence-corrected chi connectivity index (χ1v) is 12.9. The molecule has 1 N–H and O–H groups in total. The lowest BCUT2D eigenvalue weighted by Gasteiger charge is -2.19. The third-order valence-corrected chi connectivity index (χ3v) is 6.11. The molecule has 0 bridgehead atoms. The zero-order chi connectivity index (χ0) is 24.7. The fourth-order valence-corrected chi connectivity index (χ4v) is 3.69. The van der Waals surface area contributed by atoms with E-state index in [-0.39, 0.29) is 11.3 Å². The van der Waals surface area contributed by atoms with E-state index in [1.165, 1.54) is 16.9 Å². The first kappa shape index (κ1) is 28.5. The van der Waals surface area contributed by atoms with Crippen molar-refractivity contribution in [3.05, 3.63) is 83.4 Å². The third kappa shape index (κ3) is 9.10. The molecule has 1 heterocycles. The van der Waals surface area contributed by atoms with Crippen LogP contribution in [0.4, 0.5) is 5.13 Å². The van der Waals surface area contributed by atoms with Crippen LogP contribution in [0.3, 0.4) is 0 Å². The van der Waals surface area contributed by atoms with Crippen LogP contribution >= 0.6 is 11.3 Å². The molecular formula is C28H41N3OS. The van der Waals surface area contributed by atoms with Crippen molar-refractivity contribution in [2.45, 2.75) is 65.3 Å². The molecule has 1 atom stereocenters. The Bertz CT molecular complexity index is 876. The summed E-state index contributed by atoms with van der Waals surface area (Å²) in [5.74, 6) is 0.0682. The Morgan fingerprint density at radius 1 is 1.00 bits per heavy atom. The highest BCUT2D eigenvalue weighted by molar-refractivity contribution is 7.13. The average Bonchev–Trinajstić information content (AvgIpc) is 3.53. The number of rotatable bonds is 6. The Labute approximate surface area is 205 Å². The lowest BCUT2D eigenvalue weighted by Crippen LogP contribution is -2.27. The van der Waals surface area contributed by atoms with Crippen LogP contribution < -0.4 is 5.32 Å². The van der Waals surface area contributed by atoms with E-state index in [9.17, 15) is 4.79 Å². The second-order valence-electron chi connectivity index (χ2n) is 7.74. The van der Waals surface area contributed by atoms with E-state index in [0.29, 0.717) is 11.2 Å². The highest BCUT2D eigenvalue weighted by Gasteiger charge is 2.51. The van der Waals surface area contributed by atoms with Gasteiger partial charge >= 0.3 is 0 Å². The SMILES string of the molecule is CC.CC.CC(Cc1ccccc1)N(C)C.O=C(Nc1nccs1)C1(c2ccccc2)CC1. The lowest BCUT2D eigenvalue weighted by molar-refractivity contribution is -0.118. The van der Waals surface area contributed by atoms with Crippen LogP contribution in [-0.2, 0) is 16.6 Å². The number of hydrogen-bond donors (Lipinski definition) is 1. The Morgan fingerprint density at radius 2 is 1.55 bits per heavy atom. The van der Waals surface area contributed by atoms with E-state index in [1.807, 2.05) is 63.4 Å². The van der Waals surface area contributed by atoms with E-state index < -0.39 is 0 Å². The Kier molecular flexibility index (Phi) is 13.3. The van der Waals surface area contributed by atoms with E-state index >= 15 is 0 Å². The van der Waals surface area contributed by atoms with Gasteiger partial charge < -0.3 is 10.2 Å². The lowest BCUT2D eigenvalue weighted by atomic mass is 9.95. The Balaban J connectivity index is 0.000000301. The number of thiazole rings is 1. The molecule has 1 saturated carbocycles. The van der Waals surface area contributed by atoms with Crippen molar-refractivity contribution in [2.75, 3.05) is 19.4 Å². The van der Waals surface area contributed by atoms with Crippen LogP contribution in [0, 0.1) is 0 Å². The first-order chi connectivity index (χ1) is 16.0. The molecule has 1 fully saturated rings. The molecule has 5 heteroatoms. The first-order valence-electron chi connectivity index (χ1n) is 12.0. The predicted octanol–water partition coefficient (Wildman–Crippen LogP) is 7.05. The number of aromatic nitrogens is 1. The van der Waals surface area contributed by atoms with Gasteiger partial charge in [0.2, 0.25) is 5.91 Å². The molecule has 0 radical (unpaired) electrons. The normalized spacial score (nSPS) is 13.7. The number of benzene rings is 2. The number of amides is 1. The molecule has 1 aliphatic carbocycles. The molecule has 33 heavy (non-hydrogen) atoms. The van der Waals surface area contributed by atoms with Gasteiger partial charge in [-0.05, 0) is 51.4 Å². The van der Waals surface area contributed by atoms with Crippen LogP contribution in [0.25, 0.3) is 0 Å². The number of likely N-dealkylation sites (N-methyl/N-ethyl adjacent to an activating group) is 1. The van der Waals surface area contributed by atoms with Gasteiger partial charge in [-0.3, -0.25) is 4.79 Å². The fourth-order valence-electron chi connectivity index (χ4n) is 3.17. The van der Waals surface area contributed by atoms with Gasteiger partial charge in [-0.2, -0.15) is 0 Å². The number of anilines is 1. The summed E-state index contributed by atoms with van der Waals surface area (Å²) in [7, 11) is 4.24. The Hall–Kier alpha value is -2.50. The largest absolute Gasteiger partial charge is 0.306 e. The fraction of sp³-hybridized carbons (Fsp3) is 0.429. The second-order valence-corrected chi connectivity index (χ2v) is 8.64. The molecule has 4 nitrogen and oxygen atoms in total. The minimum atomic E-state index is -0.313. The summed E-state index contributed by atoms with van der Waals surface area (Å²) in [6, 6.07) is 21.2. The van der Waals surface area contributed by atoms with Gasteiger partial charge in [-0.15, -0.1) is 11.3 Å². The third-order valence-electron chi connectivity index (χ3n) is 5.42. The van der Waals surface area contributed by atoms with Gasteiger partial charge in [-0.1, -0.05) is 88.4 Å². The molecule has 0 saturated heterocycles. The number of nitrogens with one attached hydrogen (secondary N) is 1. The molecule has 180 valence electrons. The van der Waals surface area contributed by atoms with Gasteiger partial charge in [0.05, 0.1) is 5.41 Å². The maximum Gasteiger partial charge on any atom is 0.236 e. The van der Waals surface area contributed by atoms with Crippen molar-refractivity contribution in [1.29, 1.82) is 0 Å². The highest BCUT2D eigenvalue weighted by Crippen LogP contribution is 2.48. The van der Waals surface area contributed by atoms with Crippen molar-refractivity contribution in [3.63, 3.8) is 0 Å². The molecule has 4 rings (SSSR count). The van der Waals surface area contributed by atoms with Crippen molar-refractivity contribution in [1.82, 2.24) is 9.88 Å². The summed E-state index contributed by atoms with van der Waals surface area (Å²) in [4.78, 5) is 18.6. The van der Waals surface area contributed by atoms with Crippen molar-refractivity contribution >= 4 is 22.4 Å². The zero-order valence-corrected chi connectivity index (χ0v) is 22.2. The van der Waals surface area contributed by atoms with Crippen LogP contribution in [0.15, 0.2) is 72.2 Å². The zero-order valence-electron chi connectivity index (χ0n) is 21.3. The molecule has 1 unspecified atom stereocenters. The average molecular weight is 468 g/mol. The van der Waals surface area contributed by atoms with Crippen molar-refractivity contribution in [3.8, 4) is 0 Å². The van der Waals surface area contributed by atoms with Gasteiger partial charge in [0.1, 0.15) is 0 Å². The standard InChI is InChI=1S/C13H12N2OS.C11H17N.2C2H6/c16-11(15-12-14-8-9-17-12)13(6-7-13)10-4-2-1-3-5-10;1-10(12(2)3)9-11-7-5-4-6-8-11;2*1-2/h1-5,8-9H,6-7H2,(H,14,15,16);4-8,10H,9H2,1-3H3;2*1-2H3. The van der Waals surface area contributed by atoms with E-state index in [0.717, 1.165) is 24.8 Å². The monoisotopic (exact) mass is 467 g/mol. The van der Waals surface area contributed by atoms with Crippen molar-refractivity contribution < 1.29 is 4.79 Å². The molecule has 2 aromatic carbocycles. The molecular weight excluding hydrogens is 426 g/mol. The van der Waals surface area contributed by atoms with E-state index in [4.69, 9.17) is 0 Å². The van der Waals surface area contributed by atoms with E-state index in [2.05, 4.69) is 66.6 Å². The van der Waals surface area contributed by atoms with Crippen molar-refractivity contribution in [2.24, 2.45) is 0 Å². The van der Waals surface area contributed by atoms with Gasteiger partial charge in [0, 0.05) is 17.6 Å². The minimum Gasteiger partial charge on any atom is -0.306 e. The number of carbonyl (C=O) groups excluding carboxylic acids is 1. The second kappa shape index (κ2) is 15.4. The van der Waals surface area contributed by atoms with E-state index in [1.54, 1.807) is 6.20 Å². The van der Waals surface area contributed by atoms with Gasteiger partial charge in [0.25, 0.3) is 0 Å². The number of nitrogens with zero attached hydrogens (tertiary/aromatic N) is 2. The van der Waals surface area contributed by atoms with Gasteiger partial charge in [-0.25, -0.2) is 4.98 Å². The predicted molar refractivity (Wildman–Crippen MR) is 144 cm³/mol. The smallest absolute Gasteiger partial charge is 0.236 e. The summed E-state index contributed by atoms with van der Waals surface area (Å²) < 4.78 is 0. The summed E-state index contributed by atoms with van der Waals surface area (Å²) in [6.07, 6.45) is 4.68. The topological polar surface area (TPSA) is 45.2 Å². The molecule has 0 spiro atoms. The van der Waals surface area contributed by atoms with Crippen LogP contribution in [0.5, 0.6) is 0 Å². The summed E-state index contributed by atoms with van der Waals surface area (Å²) >= 11 is 1.45. The van der Waals surface area contributed by atoms with Crippen LogP contribution in [0.1, 0.15) is 58.6 Å². The molecule has 1 aromatic heterocycles. The Morgan fingerprint density at radius 3 is 2.00 bits per heavy atom. The summed E-state index contributed by atoms with van der Waals surface area (Å²) in [6.45, 7) is 10.2. The van der Waals surface area contributed by atoms with Crippen LogP contribution in [-0.4, -0.2) is 35.9 Å². The molecule has 1 amide bonds. The quantitative estimate of drug-likeness (QED) is 0.423. The molecule has 0 aliphatic heterocycles. The number of carbonyl (C=O) groups is 1. The maximum absolute atomic E-state index is 12.3. The highest BCUT2D eigenvalue weighted by atomic mass is 32.1. The van der Waals surface area contributed by atoms with Crippen LogP contribution in [0.2, 0.25) is 0 Å². The summed E-state index contributed by atoms with van der Waals surface area (Å²) in [5, 5.41) is 5.43. The number of hydrogen-bond acceptors (Lipinski definition) is 4. The van der Waals surface area contributed by atoms with Gasteiger partial charge in [0.15, 0.2) is 5.13 Å². The maximum atomic E-state index is 12.3. The summed E-state index contributed by atoms with van der Waals surface area (Å²) in [5.41, 5.74) is 2.21. The molecule has 3 aromatic rings. The minimum absolute atomic E-state index is 0.0682.